The van der Waals surface area contributed by atoms with Gasteiger partial charge in [-0.3, -0.25) is 5.10 Å². The van der Waals surface area contributed by atoms with Crippen molar-refractivity contribution >= 4 is 0 Å². The second kappa shape index (κ2) is 3.05. The summed E-state index contributed by atoms with van der Waals surface area (Å²) in [5, 5.41) is 6.90. The number of H-pyrrole nitrogens is 1. The third-order valence-electron chi connectivity index (χ3n) is 2.17. The third kappa shape index (κ3) is 1.47. The Balaban J connectivity index is 2.53. The summed E-state index contributed by atoms with van der Waals surface area (Å²) in [7, 11) is 0. The lowest BCUT2D eigenvalue weighted by atomic mass is 10.0. The van der Waals surface area contributed by atoms with Crippen molar-refractivity contribution in [2.75, 3.05) is 0 Å². The van der Waals surface area contributed by atoms with Crippen molar-refractivity contribution in [2.45, 2.75) is 13.8 Å². The number of hydrogen-bond donors (Lipinski definition) is 1. The van der Waals surface area contributed by atoms with E-state index in [1.54, 1.807) is 6.20 Å². The zero-order valence-corrected chi connectivity index (χ0v) is 7.83. The summed E-state index contributed by atoms with van der Waals surface area (Å²) < 4.78 is 0. The standard InChI is InChI=1S/C11H12N2/c1-8-3-4-10(9(2)7-8)11-5-6-12-13-11/h3-7H,1-2H3,(H,12,13). The first-order valence-electron chi connectivity index (χ1n) is 4.34. The van der Waals surface area contributed by atoms with E-state index in [9.17, 15) is 0 Å². The van der Waals surface area contributed by atoms with Crippen molar-refractivity contribution in [3.63, 3.8) is 0 Å². The largest absolute Gasteiger partial charge is 0.278 e. The molecule has 2 nitrogen and oxygen atoms in total. The van der Waals surface area contributed by atoms with Gasteiger partial charge in [-0.1, -0.05) is 23.8 Å². The number of aromatic nitrogens is 2. The first-order valence-corrected chi connectivity index (χ1v) is 4.34. The molecular weight excluding hydrogens is 160 g/mol. The van der Waals surface area contributed by atoms with Crippen LogP contribution in [0.25, 0.3) is 11.3 Å². The van der Waals surface area contributed by atoms with E-state index in [4.69, 9.17) is 0 Å². The fourth-order valence-corrected chi connectivity index (χ4v) is 1.52. The molecule has 0 radical (unpaired) electrons. The molecule has 1 aromatic heterocycles. The van der Waals surface area contributed by atoms with E-state index in [1.165, 1.54) is 16.7 Å². The normalized spacial score (nSPS) is 10.3. The van der Waals surface area contributed by atoms with E-state index in [2.05, 4.69) is 42.2 Å². The Kier molecular flexibility index (Phi) is 1.89. The average Bonchev–Trinajstić information content (AvgIpc) is 2.56. The molecule has 0 spiro atoms. The van der Waals surface area contributed by atoms with Crippen LogP contribution in [-0.2, 0) is 0 Å². The lowest BCUT2D eigenvalue weighted by molar-refractivity contribution is 1.09. The molecule has 0 aliphatic heterocycles. The second-order valence-electron chi connectivity index (χ2n) is 3.29. The molecule has 1 aromatic carbocycles. The summed E-state index contributed by atoms with van der Waals surface area (Å²) in [6.07, 6.45) is 1.77. The smallest absolute Gasteiger partial charge is 0.0652 e. The van der Waals surface area contributed by atoms with Gasteiger partial charge in [0.05, 0.1) is 5.69 Å². The van der Waals surface area contributed by atoms with Crippen molar-refractivity contribution in [3.05, 3.63) is 41.6 Å². The van der Waals surface area contributed by atoms with Crippen LogP contribution in [0.4, 0.5) is 0 Å². The van der Waals surface area contributed by atoms with Crippen LogP contribution in [0.2, 0.25) is 0 Å². The van der Waals surface area contributed by atoms with E-state index in [1.807, 2.05) is 6.07 Å². The molecule has 2 rings (SSSR count). The van der Waals surface area contributed by atoms with Gasteiger partial charge in [0.2, 0.25) is 0 Å². The Morgan fingerprint density at radius 1 is 1.15 bits per heavy atom. The summed E-state index contributed by atoms with van der Waals surface area (Å²) in [4.78, 5) is 0. The Hall–Kier alpha value is -1.57. The van der Waals surface area contributed by atoms with Gasteiger partial charge in [-0.05, 0) is 25.5 Å². The van der Waals surface area contributed by atoms with Crippen LogP contribution in [0.3, 0.4) is 0 Å². The maximum Gasteiger partial charge on any atom is 0.0652 e. The zero-order valence-electron chi connectivity index (χ0n) is 7.83. The summed E-state index contributed by atoms with van der Waals surface area (Å²) in [5.41, 5.74) is 4.88. The molecule has 2 aromatic rings. The maximum absolute atomic E-state index is 3.94. The highest BCUT2D eigenvalue weighted by Gasteiger charge is 2.01. The lowest BCUT2D eigenvalue weighted by Gasteiger charge is -2.03. The van der Waals surface area contributed by atoms with Gasteiger partial charge in [-0.2, -0.15) is 5.10 Å². The van der Waals surface area contributed by atoms with Crippen molar-refractivity contribution in [1.29, 1.82) is 0 Å². The minimum absolute atomic E-state index is 1.08. The molecule has 1 N–H and O–H groups in total. The Labute approximate surface area is 77.6 Å². The molecular formula is C11H12N2. The fraction of sp³-hybridized carbons (Fsp3) is 0.182. The molecule has 0 saturated carbocycles. The maximum atomic E-state index is 3.94. The minimum atomic E-state index is 1.08. The molecule has 0 unspecified atom stereocenters. The van der Waals surface area contributed by atoms with Crippen LogP contribution >= 0.6 is 0 Å². The highest BCUT2D eigenvalue weighted by atomic mass is 15.1. The van der Waals surface area contributed by atoms with Crippen LogP contribution < -0.4 is 0 Å². The average molecular weight is 172 g/mol. The summed E-state index contributed by atoms with van der Waals surface area (Å²) in [6.45, 7) is 4.22. The van der Waals surface area contributed by atoms with Crippen molar-refractivity contribution in [2.24, 2.45) is 0 Å². The van der Waals surface area contributed by atoms with Crippen molar-refractivity contribution in [3.8, 4) is 11.3 Å². The lowest BCUT2D eigenvalue weighted by Crippen LogP contribution is -1.84. The summed E-state index contributed by atoms with van der Waals surface area (Å²) in [5.74, 6) is 0. The molecule has 0 bridgehead atoms. The predicted octanol–water partition coefficient (Wildman–Crippen LogP) is 2.69. The zero-order chi connectivity index (χ0) is 9.26. The quantitative estimate of drug-likeness (QED) is 0.704. The number of aromatic amines is 1. The van der Waals surface area contributed by atoms with Crippen molar-refractivity contribution < 1.29 is 0 Å². The highest BCUT2D eigenvalue weighted by Crippen LogP contribution is 2.21. The van der Waals surface area contributed by atoms with E-state index < -0.39 is 0 Å². The number of nitrogens with one attached hydrogen (secondary N) is 1. The molecule has 0 fully saturated rings. The highest BCUT2D eigenvalue weighted by molar-refractivity contribution is 5.63. The Morgan fingerprint density at radius 3 is 2.62 bits per heavy atom. The Morgan fingerprint density at radius 2 is 2.00 bits per heavy atom. The van der Waals surface area contributed by atoms with Gasteiger partial charge < -0.3 is 0 Å². The molecule has 1 heterocycles. The molecule has 0 amide bonds. The van der Waals surface area contributed by atoms with Gasteiger partial charge in [0, 0.05) is 11.8 Å². The number of benzene rings is 1. The number of aryl methyl sites for hydroxylation is 2. The van der Waals surface area contributed by atoms with Crippen LogP contribution in [0.15, 0.2) is 30.5 Å². The van der Waals surface area contributed by atoms with Gasteiger partial charge in [0.15, 0.2) is 0 Å². The topological polar surface area (TPSA) is 28.7 Å². The third-order valence-corrected chi connectivity index (χ3v) is 2.17. The number of rotatable bonds is 1. The molecule has 2 heteroatoms. The van der Waals surface area contributed by atoms with Crippen molar-refractivity contribution in [1.82, 2.24) is 10.2 Å². The molecule has 0 aliphatic carbocycles. The SMILES string of the molecule is Cc1ccc(-c2ccn[nH]2)c(C)c1. The number of hydrogen-bond acceptors (Lipinski definition) is 1. The summed E-state index contributed by atoms with van der Waals surface area (Å²) >= 11 is 0. The molecule has 66 valence electrons. The number of nitrogens with zero attached hydrogens (tertiary/aromatic N) is 1. The Bertz CT molecular complexity index is 402. The predicted molar refractivity (Wildman–Crippen MR) is 53.5 cm³/mol. The minimum Gasteiger partial charge on any atom is -0.278 e. The first-order chi connectivity index (χ1) is 6.27. The van der Waals surface area contributed by atoms with Gasteiger partial charge in [0.1, 0.15) is 0 Å². The molecule has 13 heavy (non-hydrogen) atoms. The van der Waals surface area contributed by atoms with E-state index in [-0.39, 0.29) is 0 Å². The summed E-state index contributed by atoms with van der Waals surface area (Å²) in [6, 6.07) is 8.40. The molecule has 0 saturated heterocycles. The molecule has 0 aliphatic rings. The van der Waals surface area contributed by atoms with Gasteiger partial charge >= 0.3 is 0 Å². The van der Waals surface area contributed by atoms with Gasteiger partial charge in [-0.25, -0.2) is 0 Å². The van der Waals surface area contributed by atoms with Crippen LogP contribution in [-0.4, -0.2) is 10.2 Å². The van der Waals surface area contributed by atoms with E-state index in [0.29, 0.717) is 0 Å². The molecule has 0 atom stereocenters. The monoisotopic (exact) mass is 172 g/mol. The fourth-order valence-electron chi connectivity index (χ4n) is 1.52. The second-order valence-corrected chi connectivity index (χ2v) is 3.29. The van der Waals surface area contributed by atoms with Gasteiger partial charge in [0.25, 0.3) is 0 Å². The van der Waals surface area contributed by atoms with Crippen LogP contribution in [0.1, 0.15) is 11.1 Å². The van der Waals surface area contributed by atoms with Crippen LogP contribution in [0.5, 0.6) is 0 Å². The van der Waals surface area contributed by atoms with E-state index >= 15 is 0 Å². The van der Waals surface area contributed by atoms with Gasteiger partial charge in [-0.15, -0.1) is 0 Å². The first kappa shape index (κ1) is 8.05. The van der Waals surface area contributed by atoms with E-state index in [0.717, 1.165) is 5.69 Å². The van der Waals surface area contributed by atoms with Crippen LogP contribution in [0, 0.1) is 13.8 Å².